The zero-order valence-electron chi connectivity index (χ0n) is 9.76. The van der Waals surface area contributed by atoms with E-state index in [1.807, 2.05) is 19.1 Å². The molecule has 4 nitrogen and oxygen atoms in total. The van der Waals surface area contributed by atoms with E-state index < -0.39 is 0 Å². The summed E-state index contributed by atoms with van der Waals surface area (Å²) in [5, 5.41) is 2.82. The van der Waals surface area contributed by atoms with Gasteiger partial charge in [-0.25, -0.2) is 0 Å². The Morgan fingerprint density at radius 1 is 1.41 bits per heavy atom. The fraction of sp³-hybridized carbons (Fsp3) is 0.455. The molecule has 0 unspecified atom stereocenters. The summed E-state index contributed by atoms with van der Waals surface area (Å²) in [5.74, 6) is 0.0461. The third-order valence-corrected chi connectivity index (χ3v) is 2.15. The Kier molecular flexibility index (Phi) is 11.2. The molecule has 1 atom stereocenters. The average molecular weight is 280 g/mol. The Labute approximate surface area is 114 Å². The first-order chi connectivity index (χ1) is 7.22. The predicted octanol–water partition coefficient (Wildman–Crippen LogP) is 1.32. The van der Waals surface area contributed by atoms with Crippen LogP contribution in [-0.2, 0) is 11.2 Å². The number of amides is 1. The molecule has 0 aliphatic heterocycles. The van der Waals surface area contributed by atoms with Crippen LogP contribution in [0.4, 0.5) is 0 Å². The zero-order valence-corrected chi connectivity index (χ0v) is 11.4. The maximum Gasteiger partial charge on any atom is 0.220 e. The molecule has 6 heteroatoms. The minimum atomic E-state index is 0. The standard InChI is InChI=1S/C11H17N3O.2ClH/c1-9(8-12)14-11(15)3-2-10-4-6-13-7-5-10;;/h4-7,9H,2-3,8,12H2,1H3,(H,14,15);2*1H/t9-;;/m0../s1. The molecule has 0 bridgehead atoms. The lowest BCUT2D eigenvalue weighted by Crippen LogP contribution is -2.37. The quantitative estimate of drug-likeness (QED) is 0.854. The molecule has 98 valence electrons. The smallest absolute Gasteiger partial charge is 0.220 e. The molecule has 1 aromatic heterocycles. The van der Waals surface area contributed by atoms with Gasteiger partial charge in [0.2, 0.25) is 5.91 Å². The lowest BCUT2D eigenvalue weighted by Gasteiger charge is -2.10. The lowest BCUT2D eigenvalue weighted by molar-refractivity contribution is -0.121. The van der Waals surface area contributed by atoms with Crippen molar-refractivity contribution in [3.05, 3.63) is 30.1 Å². The molecule has 0 spiro atoms. The predicted molar refractivity (Wildman–Crippen MR) is 73.7 cm³/mol. The number of rotatable bonds is 5. The number of nitrogens with zero attached hydrogens (tertiary/aromatic N) is 1. The number of aryl methyl sites for hydroxylation is 1. The number of hydrogen-bond donors (Lipinski definition) is 2. The van der Waals surface area contributed by atoms with Gasteiger partial charge in [0.1, 0.15) is 0 Å². The number of nitrogens with two attached hydrogens (primary N) is 1. The number of nitrogens with one attached hydrogen (secondary N) is 1. The highest BCUT2D eigenvalue weighted by Crippen LogP contribution is 2.00. The van der Waals surface area contributed by atoms with Gasteiger partial charge in [-0.3, -0.25) is 9.78 Å². The van der Waals surface area contributed by atoms with Crippen LogP contribution in [0.2, 0.25) is 0 Å². The van der Waals surface area contributed by atoms with Gasteiger partial charge in [-0.05, 0) is 31.0 Å². The normalized spacial score (nSPS) is 10.7. The minimum absolute atomic E-state index is 0. The van der Waals surface area contributed by atoms with E-state index in [-0.39, 0.29) is 36.8 Å². The molecule has 0 saturated carbocycles. The van der Waals surface area contributed by atoms with Gasteiger partial charge >= 0.3 is 0 Å². The summed E-state index contributed by atoms with van der Waals surface area (Å²) in [6, 6.07) is 3.88. The lowest BCUT2D eigenvalue weighted by atomic mass is 10.1. The number of pyridine rings is 1. The van der Waals surface area contributed by atoms with Gasteiger partial charge in [0.05, 0.1) is 0 Å². The van der Waals surface area contributed by atoms with Crippen LogP contribution in [0, 0.1) is 0 Å². The van der Waals surface area contributed by atoms with Crippen molar-refractivity contribution < 1.29 is 4.79 Å². The van der Waals surface area contributed by atoms with Crippen molar-refractivity contribution in [3.63, 3.8) is 0 Å². The van der Waals surface area contributed by atoms with E-state index in [0.717, 1.165) is 12.0 Å². The Balaban J connectivity index is 0. The van der Waals surface area contributed by atoms with Crippen LogP contribution < -0.4 is 11.1 Å². The van der Waals surface area contributed by atoms with Crippen molar-refractivity contribution in [1.29, 1.82) is 0 Å². The topological polar surface area (TPSA) is 68.0 Å². The van der Waals surface area contributed by atoms with E-state index >= 15 is 0 Å². The molecule has 0 aromatic carbocycles. The maximum absolute atomic E-state index is 11.4. The molecular weight excluding hydrogens is 261 g/mol. The molecule has 1 heterocycles. The Bertz CT molecular complexity index is 309. The fourth-order valence-corrected chi connectivity index (χ4v) is 1.21. The Morgan fingerprint density at radius 2 is 2.00 bits per heavy atom. The van der Waals surface area contributed by atoms with Crippen molar-refractivity contribution in [3.8, 4) is 0 Å². The summed E-state index contributed by atoms with van der Waals surface area (Å²) in [4.78, 5) is 15.3. The molecule has 1 rings (SSSR count). The van der Waals surface area contributed by atoms with Crippen LogP contribution in [0.3, 0.4) is 0 Å². The van der Waals surface area contributed by atoms with Gasteiger partial charge in [0, 0.05) is 31.4 Å². The van der Waals surface area contributed by atoms with Crippen molar-refractivity contribution in [2.24, 2.45) is 5.73 Å². The largest absolute Gasteiger partial charge is 0.352 e. The van der Waals surface area contributed by atoms with E-state index in [1.54, 1.807) is 12.4 Å². The molecule has 1 amide bonds. The molecule has 0 saturated heterocycles. The van der Waals surface area contributed by atoms with Gasteiger partial charge in [-0.15, -0.1) is 24.8 Å². The van der Waals surface area contributed by atoms with E-state index in [0.29, 0.717) is 13.0 Å². The molecule has 1 aromatic rings. The summed E-state index contributed by atoms with van der Waals surface area (Å²) in [6.45, 7) is 2.37. The van der Waals surface area contributed by atoms with Crippen molar-refractivity contribution >= 4 is 30.7 Å². The number of carbonyl (C=O) groups is 1. The number of carbonyl (C=O) groups excluding carboxylic acids is 1. The Hall–Kier alpha value is -0.840. The van der Waals surface area contributed by atoms with Crippen molar-refractivity contribution in [2.45, 2.75) is 25.8 Å². The van der Waals surface area contributed by atoms with E-state index in [4.69, 9.17) is 5.73 Å². The van der Waals surface area contributed by atoms with Crippen LogP contribution in [0.25, 0.3) is 0 Å². The van der Waals surface area contributed by atoms with E-state index in [9.17, 15) is 4.79 Å². The third kappa shape index (κ3) is 7.96. The average Bonchev–Trinajstić information content (AvgIpc) is 2.27. The van der Waals surface area contributed by atoms with E-state index in [2.05, 4.69) is 10.3 Å². The highest BCUT2D eigenvalue weighted by atomic mass is 35.5. The molecule has 0 radical (unpaired) electrons. The molecule has 3 N–H and O–H groups in total. The van der Waals surface area contributed by atoms with Crippen LogP contribution in [-0.4, -0.2) is 23.5 Å². The second-order valence-electron chi connectivity index (χ2n) is 3.56. The van der Waals surface area contributed by atoms with Gasteiger partial charge in [0.15, 0.2) is 0 Å². The van der Waals surface area contributed by atoms with E-state index in [1.165, 1.54) is 0 Å². The zero-order chi connectivity index (χ0) is 11.1. The number of halogens is 2. The summed E-state index contributed by atoms with van der Waals surface area (Å²) >= 11 is 0. The summed E-state index contributed by atoms with van der Waals surface area (Å²) < 4.78 is 0. The van der Waals surface area contributed by atoms with Gasteiger partial charge < -0.3 is 11.1 Å². The van der Waals surface area contributed by atoms with Crippen molar-refractivity contribution in [1.82, 2.24) is 10.3 Å². The molecule has 0 fully saturated rings. The minimum Gasteiger partial charge on any atom is -0.352 e. The highest BCUT2D eigenvalue weighted by molar-refractivity contribution is 5.85. The second-order valence-corrected chi connectivity index (χ2v) is 3.56. The summed E-state index contributed by atoms with van der Waals surface area (Å²) in [5.41, 5.74) is 6.53. The van der Waals surface area contributed by atoms with Gasteiger partial charge in [0.25, 0.3) is 0 Å². The third-order valence-electron chi connectivity index (χ3n) is 2.15. The van der Waals surface area contributed by atoms with Gasteiger partial charge in [-0.2, -0.15) is 0 Å². The van der Waals surface area contributed by atoms with Crippen LogP contribution >= 0.6 is 24.8 Å². The first kappa shape index (κ1) is 18.5. The van der Waals surface area contributed by atoms with Crippen LogP contribution in [0.1, 0.15) is 18.9 Å². The number of aromatic nitrogens is 1. The number of hydrogen-bond acceptors (Lipinski definition) is 3. The fourth-order valence-electron chi connectivity index (χ4n) is 1.21. The molecule has 17 heavy (non-hydrogen) atoms. The van der Waals surface area contributed by atoms with Crippen LogP contribution in [0.15, 0.2) is 24.5 Å². The second kappa shape index (κ2) is 10.3. The van der Waals surface area contributed by atoms with Crippen LogP contribution in [0.5, 0.6) is 0 Å². The molecule has 0 aliphatic carbocycles. The monoisotopic (exact) mass is 279 g/mol. The molecular formula is C11H19Cl2N3O. The SMILES string of the molecule is C[C@@H](CN)NC(=O)CCc1ccncc1.Cl.Cl. The van der Waals surface area contributed by atoms with Crippen molar-refractivity contribution in [2.75, 3.05) is 6.54 Å². The first-order valence-electron chi connectivity index (χ1n) is 5.10. The maximum atomic E-state index is 11.4. The summed E-state index contributed by atoms with van der Waals surface area (Å²) in [7, 11) is 0. The Morgan fingerprint density at radius 3 is 2.53 bits per heavy atom. The molecule has 0 aliphatic rings. The highest BCUT2D eigenvalue weighted by Gasteiger charge is 2.05. The first-order valence-corrected chi connectivity index (χ1v) is 5.10. The van der Waals surface area contributed by atoms with Gasteiger partial charge in [-0.1, -0.05) is 0 Å². The summed E-state index contributed by atoms with van der Waals surface area (Å²) in [6.07, 6.45) is 4.70.